The van der Waals surface area contributed by atoms with Gasteiger partial charge in [-0.1, -0.05) is 30.1 Å². The first-order valence-corrected chi connectivity index (χ1v) is 8.83. The Kier molecular flexibility index (Phi) is 5.17. The number of hydrogen-bond acceptors (Lipinski definition) is 6. The van der Waals surface area contributed by atoms with Gasteiger partial charge in [0.15, 0.2) is 5.82 Å². The summed E-state index contributed by atoms with van der Waals surface area (Å²) in [7, 11) is 0. The topological polar surface area (TPSA) is 77.8 Å². The maximum absolute atomic E-state index is 13.0. The number of halogens is 2. The summed E-state index contributed by atoms with van der Waals surface area (Å²) in [6.07, 6.45) is 4.61. The molecule has 0 bridgehead atoms. The van der Waals surface area contributed by atoms with Crippen molar-refractivity contribution in [2.45, 2.75) is 37.6 Å². The second-order valence-electron chi connectivity index (χ2n) is 6.22. The molecule has 2 N–H and O–H groups in total. The molecular weight excluding hydrogens is 363 g/mol. The van der Waals surface area contributed by atoms with Crippen molar-refractivity contribution in [3.05, 3.63) is 51.9 Å². The van der Waals surface area contributed by atoms with Crippen LogP contribution in [0.3, 0.4) is 0 Å². The molecule has 0 unspecified atom stereocenters. The summed E-state index contributed by atoms with van der Waals surface area (Å²) in [5, 5.41) is 6.87. The van der Waals surface area contributed by atoms with Crippen molar-refractivity contribution in [3.8, 4) is 11.6 Å². The Morgan fingerprint density at radius 2 is 1.88 bits per heavy atom. The van der Waals surface area contributed by atoms with Crippen molar-refractivity contribution in [1.82, 2.24) is 15.1 Å². The van der Waals surface area contributed by atoms with Crippen LogP contribution in [0, 0.1) is 5.82 Å². The zero-order valence-electron chi connectivity index (χ0n) is 13.4. The molecule has 0 saturated heterocycles. The SMILES string of the molecule is Cl.NC1(c2noc(-c3csc(Cc4ccc(F)cc4)n3)n2)CCCC1. The number of hydrogen-bond donors (Lipinski definition) is 1. The number of rotatable bonds is 4. The highest BCUT2D eigenvalue weighted by molar-refractivity contribution is 7.10. The van der Waals surface area contributed by atoms with E-state index < -0.39 is 5.54 Å². The monoisotopic (exact) mass is 380 g/mol. The molecule has 0 atom stereocenters. The summed E-state index contributed by atoms with van der Waals surface area (Å²) in [5.74, 6) is 0.742. The highest BCUT2D eigenvalue weighted by atomic mass is 35.5. The molecule has 1 aliphatic rings. The first-order valence-electron chi connectivity index (χ1n) is 7.95. The van der Waals surface area contributed by atoms with E-state index in [1.165, 1.54) is 23.5 Å². The van der Waals surface area contributed by atoms with Crippen LogP contribution in [0.4, 0.5) is 4.39 Å². The first-order chi connectivity index (χ1) is 11.6. The Balaban J connectivity index is 0.00000182. The van der Waals surface area contributed by atoms with Crippen molar-refractivity contribution < 1.29 is 8.91 Å². The van der Waals surface area contributed by atoms with Gasteiger partial charge in [-0.3, -0.25) is 0 Å². The number of nitrogens with zero attached hydrogens (tertiary/aromatic N) is 3. The third-order valence-electron chi connectivity index (χ3n) is 4.41. The smallest absolute Gasteiger partial charge is 0.277 e. The molecule has 1 saturated carbocycles. The van der Waals surface area contributed by atoms with Gasteiger partial charge in [-0.15, -0.1) is 23.7 Å². The van der Waals surface area contributed by atoms with E-state index in [1.807, 2.05) is 5.38 Å². The van der Waals surface area contributed by atoms with Crippen LogP contribution in [-0.4, -0.2) is 15.1 Å². The molecule has 2 heterocycles. The average molecular weight is 381 g/mol. The average Bonchev–Trinajstić information content (AvgIpc) is 3.30. The molecule has 1 aliphatic carbocycles. The van der Waals surface area contributed by atoms with Crippen LogP contribution in [0.5, 0.6) is 0 Å². The summed E-state index contributed by atoms with van der Waals surface area (Å²) in [4.78, 5) is 9.01. The van der Waals surface area contributed by atoms with E-state index in [1.54, 1.807) is 12.1 Å². The van der Waals surface area contributed by atoms with Gasteiger partial charge in [-0.2, -0.15) is 4.98 Å². The highest BCUT2D eigenvalue weighted by Gasteiger charge is 2.36. The van der Waals surface area contributed by atoms with Crippen LogP contribution in [0.25, 0.3) is 11.6 Å². The van der Waals surface area contributed by atoms with Gasteiger partial charge in [0.1, 0.15) is 11.5 Å². The molecule has 3 aromatic rings. The van der Waals surface area contributed by atoms with E-state index in [9.17, 15) is 4.39 Å². The lowest BCUT2D eigenvalue weighted by Crippen LogP contribution is -2.34. The number of benzene rings is 1. The molecule has 25 heavy (non-hydrogen) atoms. The molecule has 132 valence electrons. The van der Waals surface area contributed by atoms with E-state index in [0.29, 0.717) is 23.8 Å². The van der Waals surface area contributed by atoms with Gasteiger partial charge in [0.05, 0.1) is 10.5 Å². The van der Waals surface area contributed by atoms with Crippen molar-refractivity contribution in [3.63, 3.8) is 0 Å². The Labute approximate surface area is 154 Å². The van der Waals surface area contributed by atoms with Crippen molar-refractivity contribution in [1.29, 1.82) is 0 Å². The highest BCUT2D eigenvalue weighted by Crippen LogP contribution is 2.35. The zero-order valence-corrected chi connectivity index (χ0v) is 15.1. The lowest BCUT2D eigenvalue weighted by Gasteiger charge is -2.17. The normalized spacial score (nSPS) is 15.9. The largest absolute Gasteiger partial charge is 0.332 e. The molecule has 5 nitrogen and oxygen atoms in total. The Morgan fingerprint density at radius 3 is 2.60 bits per heavy atom. The Morgan fingerprint density at radius 1 is 1.16 bits per heavy atom. The maximum atomic E-state index is 13.0. The fourth-order valence-electron chi connectivity index (χ4n) is 3.03. The molecule has 8 heteroatoms. The number of nitrogens with two attached hydrogens (primary N) is 1. The first kappa shape index (κ1) is 18.0. The van der Waals surface area contributed by atoms with Gasteiger partial charge in [0.2, 0.25) is 0 Å². The van der Waals surface area contributed by atoms with Gasteiger partial charge in [0, 0.05) is 11.8 Å². The molecule has 1 fully saturated rings. The summed E-state index contributed by atoms with van der Waals surface area (Å²) in [5.41, 5.74) is 7.57. The fraction of sp³-hybridized carbons (Fsp3) is 0.353. The predicted octanol–water partition coefficient (Wildman–Crippen LogP) is 4.07. The summed E-state index contributed by atoms with van der Waals surface area (Å²) < 4.78 is 18.3. The van der Waals surface area contributed by atoms with Gasteiger partial charge in [-0.25, -0.2) is 9.37 Å². The lowest BCUT2D eigenvalue weighted by molar-refractivity contribution is 0.372. The second-order valence-corrected chi connectivity index (χ2v) is 7.16. The van der Waals surface area contributed by atoms with Crippen molar-refractivity contribution in [2.24, 2.45) is 5.73 Å². The predicted molar refractivity (Wildman–Crippen MR) is 96.2 cm³/mol. The summed E-state index contributed by atoms with van der Waals surface area (Å²) >= 11 is 1.52. The lowest BCUT2D eigenvalue weighted by atomic mass is 9.99. The molecule has 0 spiro atoms. The maximum Gasteiger partial charge on any atom is 0.277 e. The minimum Gasteiger partial charge on any atom is -0.332 e. The van der Waals surface area contributed by atoms with Gasteiger partial charge in [-0.05, 0) is 30.5 Å². The van der Waals surface area contributed by atoms with Crippen LogP contribution >= 0.6 is 23.7 Å². The third kappa shape index (κ3) is 3.73. The summed E-state index contributed by atoms with van der Waals surface area (Å²) in [6.45, 7) is 0. The standard InChI is InChI=1S/C17H17FN4OS.ClH/c18-12-5-3-11(4-6-12)9-14-20-13(10-24-14)15-21-16(22-23-15)17(19)7-1-2-8-17;/h3-6,10H,1-2,7-9,19H2;1H. The van der Waals surface area contributed by atoms with E-state index in [4.69, 9.17) is 10.3 Å². The van der Waals surface area contributed by atoms with E-state index in [0.717, 1.165) is 36.3 Å². The minimum atomic E-state index is -0.464. The second kappa shape index (κ2) is 7.19. The van der Waals surface area contributed by atoms with Crippen LogP contribution in [0.2, 0.25) is 0 Å². The zero-order chi connectivity index (χ0) is 16.6. The van der Waals surface area contributed by atoms with Crippen LogP contribution in [-0.2, 0) is 12.0 Å². The number of aromatic nitrogens is 3. The minimum absolute atomic E-state index is 0. The summed E-state index contributed by atoms with van der Waals surface area (Å²) in [6, 6.07) is 6.44. The van der Waals surface area contributed by atoms with Crippen LogP contribution < -0.4 is 5.73 Å². The molecule has 0 radical (unpaired) electrons. The van der Waals surface area contributed by atoms with E-state index in [-0.39, 0.29) is 18.2 Å². The third-order valence-corrected chi connectivity index (χ3v) is 5.26. The molecule has 0 amide bonds. The van der Waals surface area contributed by atoms with Gasteiger partial charge < -0.3 is 10.3 Å². The molecule has 4 rings (SSSR count). The fourth-order valence-corrected chi connectivity index (χ4v) is 3.83. The van der Waals surface area contributed by atoms with Gasteiger partial charge >= 0.3 is 0 Å². The van der Waals surface area contributed by atoms with Crippen molar-refractivity contribution >= 4 is 23.7 Å². The molecule has 1 aromatic carbocycles. The van der Waals surface area contributed by atoms with E-state index >= 15 is 0 Å². The Hall–Kier alpha value is -1.83. The molecule has 2 aromatic heterocycles. The van der Waals surface area contributed by atoms with Crippen LogP contribution in [0.15, 0.2) is 34.2 Å². The Bertz CT molecular complexity index is 842. The number of thiazole rings is 1. The van der Waals surface area contributed by atoms with E-state index in [2.05, 4.69) is 15.1 Å². The van der Waals surface area contributed by atoms with Gasteiger partial charge in [0.25, 0.3) is 5.89 Å². The quantitative estimate of drug-likeness (QED) is 0.738. The van der Waals surface area contributed by atoms with Crippen molar-refractivity contribution in [2.75, 3.05) is 0 Å². The molecule has 0 aliphatic heterocycles. The van der Waals surface area contributed by atoms with Crippen LogP contribution in [0.1, 0.15) is 42.1 Å². The molecular formula is C17H18ClFN4OS.